The fourth-order valence-corrected chi connectivity index (χ4v) is 3.93. The number of aromatic nitrogens is 6. The van der Waals surface area contributed by atoms with Gasteiger partial charge in [-0.2, -0.15) is 0 Å². The van der Waals surface area contributed by atoms with Crippen LogP contribution < -0.4 is 5.32 Å². The van der Waals surface area contributed by atoms with E-state index in [2.05, 4.69) is 43.5 Å². The number of hydrogen-bond donors (Lipinski definition) is 2. The zero-order chi connectivity index (χ0) is 22.0. The number of pyridine rings is 2. The van der Waals surface area contributed by atoms with Gasteiger partial charge in [-0.3, -0.25) is 4.98 Å². The highest BCUT2D eigenvalue weighted by Gasteiger charge is 2.15. The minimum absolute atomic E-state index is 0.549. The van der Waals surface area contributed by atoms with E-state index in [0.717, 1.165) is 44.6 Å². The zero-order valence-corrected chi connectivity index (χ0v) is 17.6. The number of H-pyrrole nitrogens is 1. The number of imidazole rings is 1. The van der Waals surface area contributed by atoms with E-state index in [4.69, 9.17) is 9.97 Å². The predicted molar refractivity (Wildman–Crippen MR) is 129 cm³/mol. The lowest BCUT2D eigenvalue weighted by atomic mass is 10.0. The summed E-state index contributed by atoms with van der Waals surface area (Å²) < 4.78 is 0. The van der Waals surface area contributed by atoms with Crippen LogP contribution in [-0.2, 0) is 6.54 Å². The fourth-order valence-electron chi connectivity index (χ4n) is 3.93. The van der Waals surface area contributed by atoms with E-state index in [0.29, 0.717) is 18.0 Å². The van der Waals surface area contributed by atoms with E-state index < -0.39 is 0 Å². The van der Waals surface area contributed by atoms with Gasteiger partial charge in [-0.05, 0) is 35.4 Å². The molecule has 0 saturated heterocycles. The van der Waals surface area contributed by atoms with Crippen LogP contribution in [0.15, 0.2) is 91.5 Å². The Bertz CT molecular complexity index is 1560. The van der Waals surface area contributed by atoms with Crippen molar-refractivity contribution in [2.24, 2.45) is 0 Å². The predicted octanol–water partition coefficient (Wildman–Crippen LogP) is 5.24. The molecule has 0 bridgehead atoms. The number of anilines is 1. The molecule has 7 nitrogen and oxygen atoms in total. The first-order valence-corrected chi connectivity index (χ1v) is 10.6. The van der Waals surface area contributed by atoms with Crippen LogP contribution >= 0.6 is 0 Å². The Kier molecular flexibility index (Phi) is 4.69. The van der Waals surface area contributed by atoms with Gasteiger partial charge in [0.25, 0.3) is 0 Å². The lowest BCUT2D eigenvalue weighted by Crippen LogP contribution is -2.06. The first-order valence-electron chi connectivity index (χ1n) is 10.6. The van der Waals surface area contributed by atoms with Crippen molar-refractivity contribution in [3.05, 3.63) is 97.2 Å². The van der Waals surface area contributed by atoms with E-state index in [9.17, 15) is 0 Å². The smallest absolute Gasteiger partial charge is 0.177 e. The summed E-state index contributed by atoms with van der Waals surface area (Å²) in [4.78, 5) is 26.0. The van der Waals surface area contributed by atoms with Crippen molar-refractivity contribution in [2.45, 2.75) is 6.54 Å². The van der Waals surface area contributed by atoms with Gasteiger partial charge in [0.05, 0.1) is 35.0 Å². The van der Waals surface area contributed by atoms with Crippen LogP contribution in [-0.4, -0.2) is 29.9 Å². The Morgan fingerprint density at radius 2 is 1.70 bits per heavy atom. The first kappa shape index (κ1) is 19.1. The summed E-state index contributed by atoms with van der Waals surface area (Å²) in [6, 6.07) is 24.3. The largest absolute Gasteiger partial charge is 0.364 e. The molecule has 2 aromatic carbocycles. The number of aromatic amines is 1. The maximum Gasteiger partial charge on any atom is 0.177 e. The van der Waals surface area contributed by atoms with Crippen molar-refractivity contribution < 1.29 is 0 Å². The average Bonchev–Trinajstić information content (AvgIpc) is 3.36. The molecule has 6 rings (SSSR count). The molecule has 0 saturated carbocycles. The van der Waals surface area contributed by atoms with Gasteiger partial charge >= 0.3 is 0 Å². The molecule has 0 atom stereocenters. The van der Waals surface area contributed by atoms with E-state index in [1.165, 1.54) is 0 Å². The quantitative estimate of drug-likeness (QED) is 0.389. The van der Waals surface area contributed by atoms with Crippen molar-refractivity contribution in [1.82, 2.24) is 29.9 Å². The summed E-state index contributed by atoms with van der Waals surface area (Å²) in [5.74, 6) is 1.35. The van der Waals surface area contributed by atoms with Gasteiger partial charge in [0.15, 0.2) is 11.5 Å². The van der Waals surface area contributed by atoms with Crippen molar-refractivity contribution in [3.63, 3.8) is 0 Å². The first-order chi connectivity index (χ1) is 16.3. The van der Waals surface area contributed by atoms with E-state index >= 15 is 0 Å². The molecule has 2 N–H and O–H groups in total. The molecular formula is C26H19N7. The number of nitrogens with one attached hydrogen (secondary N) is 2. The maximum atomic E-state index is 4.94. The minimum Gasteiger partial charge on any atom is -0.364 e. The molecule has 0 aliphatic carbocycles. The van der Waals surface area contributed by atoms with Gasteiger partial charge in [-0.25, -0.2) is 19.9 Å². The van der Waals surface area contributed by atoms with Gasteiger partial charge in [-0.1, -0.05) is 48.5 Å². The van der Waals surface area contributed by atoms with Crippen molar-refractivity contribution in [1.29, 1.82) is 0 Å². The third-order valence-electron chi connectivity index (χ3n) is 5.50. The average molecular weight is 429 g/mol. The maximum absolute atomic E-state index is 4.94. The summed E-state index contributed by atoms with van der Waals surface area (Å²) in [5.41, 5.74) is 6.31. The molecular weight excluding hydrogens is 410 g/mol. The second-order valence-electron chi connectivity index (χ2n) is 7.63. The highest BCUT2D eigenvalue weighted by Crippen LogP contribution is 2.34. The topological polar surface area (TPSA) is 92.3 Å². The standard InChI is InChI=1S/C26H19N7/c1-2-7-17(8-3-1)20-10-6-11-21-23(20)26(29-15-19-9-4-5-12-27-19)33-24(32-21)18-13-22-25(28-14-18)31-16-30-22/h1-14,16H,15H2,(H,28,30,31)(H,29,32,33). The molecule has 0 fully saturated rings. The van der Waals surface area contributed by atoms with Crippen molar-refractivity contribution in [2.75, 3.05) is 5.32 Å². The lowest BCUT2D eigenvalue weighted by Gasteiger charge is -2.14. The molecule has 4 heterocycles. The van der Waals surface area contributed by atoms with Gasteiger partial charge in [0.1, 0.15) is 5.82 Å². The molecule has 7 heteroatoms. The van der Waals surface area contributed by atoms with E-state index in [-0.39, 0.29) is 0 Å². The summed E-state index contributed by atoms with van der Waals surface area (Å²) in [6.45, 7) is 0.549. The summed E-state index contributed by atoms with van der Waals surface area (Å²) in [7, 11) is 0. The van der Waals surface area contributed by atoms with Crippen LogP contribution in [0, 0.1) is 0 Å². The SMILES string of the molecule is c1ccc(-c2cccc3nc(-c4cnc5nc[nH]c5c4)nc(NCc4ccccn4)c23)cc1. The van der Waals surface area contributed by atoms with Gasteiger partial charge < -0.3 is 10.3 Å². The Morgan fingerprint density at radius 1 is 0.788 bits per heavy atom. The van der Waals surface area contributed by atoms with Crippen LogP contribution in [0.25, 0.3) is 44.6 Å². The molecule has 158 valence electrons. The molecule has 0 aliphatic rings. The third kappa shape index (κ3) is 3.65. The van der Waals surface area contributed by atoms with Crippen LogP contribution in [0.3, 0.4) is 0 Å². The normalized spacial score (nSPS) is 11.2. The van der Waals surface area contributed by atoms with Crippen molar-refractivity contribution >= 4 is 27.9 Å². The Hall–Kier alpha value is -4.65. The number of benzene rings is 2. The number of fused-ring (bicyclic) bond motifs is 2. The van der Waals surface area contributed by atoms with Crippen LogP contribution in [0.2, 0.25) is 0 Å². The summed E-state index contributed by atoms with van der Waals surface area (Å²) in [5, 5.41) is 4.47. The molecule has 0 unspecified atom stereocenters. The zero-order valence-electron chi connectivity index (χ0n) is 17.6. The molecule has 33 heavy (non-hydrogen) atoms. The molecule has 0 spiro atoms. The van der Waals surface area contributed by atoms with Crippen LogP contribution in [0.5, 0.6) is 0 Å². The van der Waals surface area contributed by atoms with E-state index in [1.54, 1.807) is 18.7 Å². The molecule has 0 aliphatic heterocycles. The molecule has 4 aromatic heterocycles. The van der Waals surface area contributed by atoms with Gasteiger partial charge in [0, 0.05) is 18.0 Å². The second kappa shape index (κ2) is 8.12. The number of hydrogen-bond acceptors (Lipinski definition) is 6. The van der Waals surface area contributed by atoms with Gasteiger partial charge in [-0.15, -0.1) is 0 Å². The Balaban J connectivity index is 1.53. The Labute approximate surface area is 189 Å². The van der Waals surface area contributed by atoms with Crippen molar-refractivity contribution in [3.8, 4) is 22.5 Å². The molecule has 6 aromatic rings. The van der Waals surface area contributed by atoms with Crippen LogP contribution in [0.1, 0.15) is 5.69 Å². The highest BCUT2D eigenvalue weighted by molar-refractivity contribution is 6.02. The second-order valence-corrected chi connectivity index (χ2v) is 7.63. The molecule has 0 amide bonds. The lowest BCUT2D eigenvalue weighted by molar-refractivity contribution is 1.03. The number of rotatable bonds is 5. The monoisotopic (exact) mass is 429 g/mol. The Morgan fingerprint density at radius 3 is 2.58 bits per heavy atom. The van der Waals surface area contributed by atoms with Gasteiger partial charge in [0.2, 0.25) is 0 Å². The third-order valence-corrected chi connectivity index (χ3v) is 5.50. The summed E-state index contributed by atoms with van der Waals surface area (Å²) >= 11 is 0. The van der Waals surface area contributed by atoms with E-state index in [1.807, 2.05) is 54.6 Å². The minimum atomic E-state index is 0.549. The number of nitrogens with zero attached hydrogens (tertiary/aromatic N) is 5. The fraction of sp³-hybridized carbons (Fsp3) is 0.0385. The highest BCUT2D eigenvalue weighted by atomic mass is 15.0. The summed E-state index contributed by atoms with van der Waals surface area (Å²) in [6.07, 6.45) is 5.18. The molecule has 0 radical (unpaired) electrons. The van der Waals surface area contributed by atoms with Crippen LogP contribution in [0.4, 0.5) is 5.82 Å².